The fourth-order valence-electron chi connectivity index (χ4n) is 3.80. The van der Waals surface area contributed by atoms with Gasteiger partial charge < -0.3 is 19.4 Å². The lowest BCUT2D eigenvalue weighted by Crippen LogP contribution is -2.49. The molecule has 3 aromatic rings. The minimum absolute atomic E-state index is 0.0604. The Bertz CT molecular complexity index is 1140. The number of hydrogen-bond acceptors (Lipinski definition) is 5. The predicted octanol–water partition coefficient (Wildman–Crippen LogP) is 5.03. The third-order valence-corrected chi connectivity index (χ3v) is 5.79. The van der Waals surface area contributed by atoms with E-state index >= 15 is 0 Å². The molecule has 1 N–H and O–H groups in total. The van der Waals surface area contributed by atoms with Gasteiger partial charge in [-0.25, -0.2) is 0 Å². The van der Waals surface area contributed by atoms with Gasteiger partial charge in [0.15, 0.2) is 5.76 Å². The fraction of sp³-hybridized carbons (Fsp3) is 0.304. The molecule has 2 heterocycles. The standard InChI is InChI=1S/C23H21ClF3N3O3/c1-14(31)21-19(20(28-33-21)15-5-7-17(24)8-6-15)22(32)30-11-9-29(10-12-30)18-4-2-3-16(13-18)23(25,26)27/h2-8,13-14,31H,9-12H2,1H3. The highest BCUT2D eigenvalue weighted by atomic mass is 35.5. The Morgan fingerprint density at radius 3 is 2.39 bits per heavy atom. The second-order valence-electron chi connectivity index (χ2n) is 7.78. The molecular weight excluding hydrogens is 459 g/mol. The molecule has 1 aliphatic heterocycles. The van der Waals surface area contributed by atoms with E-state index in [1.165, 1.54) is 13.0 Å². The van der Waals surface area contributed by atoms with Crippen LogP contribution in [0.5, 0.6) is 0 Å². The fourth-order valence-corrected chi connectivity index (χ4v) is 3.93. The van der Waals surface area contributed by atoms with Crippen LogP contribution >= 0.6 is 11.6 Å². The monoisotopic (exact) mass is 479 g/mol. The molecule has 4 rings (SSSR count). The Hall–Kier alpha value is -3.04. The van der Waals surface area contributed by atoms with E-state index < -0.39 is 17.8 Å². The molecule has 10 heteroatoms. The molecule has 33 heavy (non-hydrogen) atoms. The van der Waals surface area contributed by atoms with Gasteiger partial charge in [-0.1, -0.05) is 35.0 Å². The van der Waals surface area contributed by atoms with Gasteiger partial charge in [0.25, 0.3) is 5.91 Å². The first-order valence-corrected chi connectivity index (χ1v) is 10.7. The number of rotatable bonds is 4. The summed E-state index contributed by atoms with van der Waals surface area (Å²) in [5, 5.41) is 14.6. The van der Waals surface area contributed by atoms with Crippen LogP contribution in [0.4, 0.5) is 18.9 Å². The Morgan fingerprint density at radius 1 is 1.12 bits per heavy atom. The van der Waals surface area contributed by atoms with E-state index in [4.69, 9.17) is 16.1 Å². The van der Waals surface area contributed by atoms with E-state index in [2.05, 4.69) is 5.16 Å². The summed E-state index contributed by atoms with van der Waals surface area (Å²) in [7, 11) is 0. The number of nitrogens with zero attached hydrogens (tertiary/aromatic N) is 3. The second kappa shape index (κ2) is 9.07. The summed E-state index contributed by atoms with van der Waals surface area (Å²) < 4.78 is 44.4. The zero-order chi connectivity index (χ0) is 23.8. The largest absolute Gasteiger partial charge is 0.416 e. The first kappa shape index (κ1) is 23.1. The van der Waals surface area contributed by atoms with Crippen LogP contribution in [0.25, 0.3) is 11.3 Å². The molecule has 1 amide bonds. The molecule has 1 saturated heterocycles. The van der Waals surface area contributed by atoms with Crippen molar-refractivity contribution in [1.29, 1.82) is 0 Å². The molecule has 0 aliphatic carbocycles. The molecule has 0 spiro atoms. The highest BCUT2D eigenvalue weighted by Crippen LogP contribution is 2.33. The van der Waals surface area contributed by atoms with E-state index in [9.17, 15) is 23.1 Å². The molecule has 1 atom stereocenters. The van der Waals surface area contributed by atoms with Crippen molar-refractivity contribution in [3.8, 4) is 11.3 Å². The highest BCUT2D eigenvalue weighted by Gasteiger charge is 2.33. The lowest BCUT2D eigenvalue weighted by molar-refractivity contribution is -0.137. The molecule has 174 valence electrons. The lowest BCUT2D eigenvalue weighted by atomic mass is 10.0. The van der Waals surface area contributed by atoms with Crippen LogP contribution in [0, 0.1) is 0 Å². The van der Waals surface area contributed by atoms with Crippen LogP contribution in [0.1, 0.15) is 34.7 Å². The summed E-state index contributed by atoms with van der Waals surface area (Å²) >= 11 is 5.95. The normalized spacial score (nSPS) is 15.6. The Kier molecular flexibility index (Phi) is 6.36. The van der Waals surface area contributed by atoms with Gasteiger partial charge in [0.1, 0.15) is 17.4 Å². The van der Waals surface area contributed by atoms with Crippen LogP contribution in [0.15, 0.2) is 53.1 Å². The number of aromatic nitrogens is 1. The number of amides is 1. The minimum Gasteiger partial charge on any atom is -0.385 e. The zero-order valence-electron chi connectivity index (χ0n) is 17.6. The molecule has 0 bridgehead atoms. The molecular formula is C23H21ClF3N3O3. The van der Waals surface area contributed by atoms with Gasteiger partial charge >= 0.3 is 6.18 Å². The van der Waals surface area contributed by atoms with Crippen LogP contribution in [-0.2, 0) is 6.18 Å². The Balaban J connectivity index is 1.55. The van der Waals surface area contributed by atoms with Crippen molar-refractivity contribution < 1.29 is 27.6 Å². The van der Waals surface area contributed by atoms with Crippen molar-refractivity contribution >= 4 is 23.2 Å². The van der Waals surface area contributed by atoms with Crippen molar-refractivity contribution in [1.82, 2.24) is 10.1 Å². The van der Waals surface area contributed by atoms with Gasteiger partial charge in [-0.05, 0) is 37.3 Å². The summed E-state index contributed by atoms with van der Waals surface area (Å²) in [6, 6.07) is 11.9. The summed E-state index contributed by atoms with van der Waals surface area (Å²) in [6.07, 6.45) is -5.47. The van der Waals surface area contributed by atoms with Gasteiger partial charge in [0.05, 0.1) is 5.56 Å². The van der Waals surface area contributed by atoms with Crippen molar-refractivity contribution in [3.05, 3.63) is 70.4 Å². The SMILES string of the molecule is CC(O)c1onc(-c2ccc(Cl)cc2)c1C(=O)N1CCN(c2cccc(C(F)(F)F)c2)CC1. The van der Waals surface area contributed by atoms with Crippen LogP contribution in [-0.4, -0.2) is 47.2 Å². The minimum atomic E-state index is -4.42. The van der Waals surface area contributed by atoms with E-state index in [1.54, 1.807) is 35.2 Å². The van der Waals surface area contributed by atoms with Gasteiger partial charge in [-0.15, -0.1) is 0 Å². The number of aliphatic hydroxyl groups is 1. The first-order chi connectivity index (χ1) is 15.6. The molecule has 1 aliphatic rings. The molecule has 0 radical (unpaired) electrons. The number of anilines is 1. The van der Waals surface area contributed by atoms with Crippen molar-refractivity contribution in [2.45, 2.75) is 19.2 Å². The number of carbonyl (C=O) groups excluding carboxylic acids is 1. The Morgan fingerprint density at radius 2 is 1.79 bits per heavy atom. The number of benzene rings is 2. The summed E-state index contributed by atoms with van der Waals surface area (Å²) in [4.78, 5) is 16.8. The number of halogens is 4. The smallest absolute Gasteiger partial charge is 0.385 e. The van der Waals surface area contributed by atoms with Crippen LogP contribution < -0.4 is 4.90 Å². The molecule has 0 saturated carbocycles. The average molecular weight is 480 g/mol. The van der Waals surface area contributed by atoms with E-state index in [0.717, 1.165) is 12.1 Å². The third-order valence-electron chi connectivity index (χ3n) is 5.53. The quantitative estimate of drug-likeness (QED) is 0.568. The van der Waals surface area contributed by atoms with Gasteiger partial charge in [-0.3, -0.25) is 4.79 Å². The van der Waals surface area contributed by atoms with E-state index in [0.29, 0.717) is 48.1 Å². The molecule has 1 unspecified atom stereocenters. The summed E-state index contributed by atoms with van der Waals surface area (Å²) in [5.74, 6) is -0.300. The van der Waals surface area contributed by atoms with Crippen molar-refractivity contribution in [2.24, 2.45) is 0 Å². The number of carbonyl (C=O) groups is 1. The summed E-state index contributed by atoms with van der Waals surface area (Å²) in [5.41, 5.74) is 0.819. The predicted molar refractivity (Wildman–Crippen MR) is 117 cm³/mol. The van der Waals surface area contributed by atoms with Crippen molar-refractivity contribution in [3.63, 3.8) is 0 Å². The van der Waals surface area contributed by atoms with Crippen molar-refractivity contribution in [2.75, 3.05) is 31.1 Å². The second-order valence-corrected chi connectivity index (χ2v) is 8.22. The average Bonchev–Trinajstić information content (AvgIpc) is 3.24. The number of aliphatic hydroxyl groups excluding tert-OH is 1. The summed E-state index contributed by atoms with van der Waals surface area (Å²) in [6.45, 7) is 2.78. The van der Waals surface area contributed by atoms with Crippen LogP contribution in [0.3, 0.4) is 0 Å². The maximum atomic E-state index is 13.4. The maximum Gasteiger partial charge on any atom is 0.416 e. The van der Waals surface area contributed by atoms with E-state index in [1.807, 2.05) is 4.90 Å². The van der Waals surface area contributed by atoms with Gasteiger partial charge in [-0.2, -0.15) is 13.2 Å². The third kappa shape index (κ3) is 4.84. The molecule has 2 aromatic carbocycles. The number of piperazine rings is 1. The Labute approximate surface area is 193 Å². The van der Waals surface area contributed by atoms with Gasteiger partial charge in [0.2, 0.25) is 0 Å². The van der Waals surface area contributed by atoms with E-state index in [-0.39, 0.29) is 17.2 Å². The van der Waals surface area contributed by atoms with Crippen LogP contribution in [0.2, 0.25) is 5.02 Å². The highest BCUT2D eigenvalue weighted by molar-refractivity contribution is 6.30. The first-order valence-electron chi connectivity index (χ1n) is 10.3. The number of hydrogen-bond donors (Lipinski definition) is 1. The maximum absolute atomic E-state index is 13.4. The number of alkyl halides is 3. The molecule has 1 aromatic heterocycles. The molecule has 6 nitrogen and oxygen atoms in total. The van der Waals surface area contributed by atoms with Gasteiger partial charge in [0, 0.05) is 42.5 Å². The topological polar surface area (TPSA) is 69.8 Å². The zero-order valence-corrected chi connectivity index (χ0v) is 18.4. The molecule has 1 fully saturated rings. The lowest BCUT2D eigenvalue weighted by Gasteiger charge is -2.36.